The molecule has 3 aliphatic rings. The Morgan fingerprint density at radius 3 is 2.09 bits per heavy atom. The van der Waals surface area contributed by atoms with Gasteiger partial charge < -0.3 is 14.2 Å². The molecule has 10 heteroatoms. The van der Waals surface area contributed by atoms with Crippen LogP contribution in [0.3, 0.4) is 0 Å². The van der Waals surface area contributed by atoms with E-state index in [1.54, 1.807) is 27.7 Å². The molecule has 1 saturated carbocycles. The summed E-state index contributed by atoms with van der Waals surface area (Å²) in [7, 11) is -3.67. The molecule has 0 bridgehead atoms. The van der Waals surface area contributed by atoms with E-state index in [1.165, 1.54) is 4.31 Å². The zero-order chi connectivity index (χ0) is 23.6. The summed E-state index contributed by atoms with van der Waals surface area (Å²) in [5.41, 5.74) is -0.795. The van der Waals surface area contributed by atoms with Crippen LogP contribution in [0.15, 0.2) is 0 Å². The summed E-state index contributed by atoms with van der Waals surface area (Å²) in [4.78, 5) is 27.7. The van der Waals surface area contributed by atoms with Gasteiger partial charge in [-0.3, -0.25) is 9.69 Å². The molecule has 2 saturated heterocycles. The highest BCUT2D eigenvalue weighted by Crippen LogP contribution is 2.39. The van der Waals surface area contributed by atoms with E-state index in [4.69, 9.17) is 14.2 Å². The van der Waals surface area contributed by atoms with Crippen molar-refractivity contribution in [3.05, 3.63) is 0 Å². The maximum atomic E-state index is 13.7. The van der Waals surface area contributed by atoms with Gasteiger partial charge in [-0.2, -0.15) is 0 Å². The van der Waals surface area contributed by atoms with E-state index in [2.05, 4.69) is 0 Å². The van der Waals surface area contributed by atoms with Crippen molar-refractivity contribution in [2.24, 2.45) is 5.92 Å². The fourth-order valence-electron chi connectivity index (χ4n) is 4.82. The Bertz CT molecular complexity index is 781. The van der Waals surface area contributed by atoms with E-state index >= 15 is 0 Å². The molecule has 1 aliphatic carbocycles. The highest BCUT2D eigenvalue weighted by atomic mass is 32.2. The lowest BCUT2D eigenvalue weighted by Crippen LogP contribution is -2.69. The summed E-state index contributed by atoms with van der Waals surface area (Å²) in [6, 6.07) is 0. The molecule has 0 radical (unpaired) electrons. The number of esters is 2. The van der Waals surface area contributed by atoms with Crippen LogP contribution in [-0.2, 0) is 33.8 Å². The summed E-state index contributed by atoms with van der Waals surface area (Å²) < 4.78 is 44.8. The van der Waals surface area contributed by atoms with E-state index in [0.717, 1.165) is 12.8 Å². The molecule has 0 aromatic rings. The normalized spacial score (nSPS) is 28.9. The van der Waals surface area contributed by atoms with Crippen molar-refractivity contribution in [1.82, 2.24) is 9.21 Å². The van der Waals surface area contributed by atoms with Crippen LogP contribution >= 0.6 is 0 Å². The number of likely N-dealkylation sites (tertiary alicyclic amines) is 1. The molecule has 0 amide bonds. The summed E-state index contributed by atoms with van der Waals surface area (Å²) >= 11 is 0. The zero-order valence-electron chi connectivity index (χ0n) is 19.8. The smallest absolute Gasteiger partial charge is 0.372 e. The number of hydrogen-bond donors (Lipinski definition) is 0. The Labute approximate surface area is 191 Å². The molecule has 3 fully saturated rings. The first-order chi connectivity index (χ1) is 15.0. The summed E-state index contributed by atoms with van der Waals surface area (Å²) in [5, 5.41) is 0. The number of ether oxygens (including phenoxy) is 3. The predicted molar refractivity (Wildman–Crippen MR) is 118 cm³/mol. The topological polar surface area (TPSA) is 102 Å². The third-order valence-corrected chi connectivity index (χ3v) is 8.17. The van der Waals surface area contributed by atoms with E-state index in [1.807, 2.05) is 4.90 Å². The average molecular weight is 475 g/mol. The molecular weight excluding hydrogens is 436 g/mol. The van der Waals surface area contributed by atoms with Gasteiger partial charge in [0.1, 0.15) is 5.60 Å². The maximum Gasteiger partial charge on any atom is 0.372 e. The SMILES string of the molecule is CCOC(=O)C1CCC(OC(C(=O)OC(C)(C)C)(N2CCCC2)N2CCCS2(=O)=O)CC1. The van der Waals surface area contributed by atoms with Crippen molar-refractivity contribution < 1.29 is 32.2 Å². The monoisotopic (exact) mass is 474 g/mol. The molecule has 2 aliphatic heterocycles. The number of carbonyl (C=O) groups is 2. The molecule has 1 atom stereocenters. The Morgan fingerprint density at radius 1 is 0.969 bits per heavy atom. The molecule has 9 nitrogen and oxygen atoms in total. The standard InChI is InChI=1S/C22H38N2O7S/c1-5-29-19(25)17-9-11-18(12-10-17)30-22(23-13-6-7-14-23,20(26)31-21(2,3)4)24-15-8-16-32(24,27)28/h17-18H,5-16H2,1-4H3. The molecule has 2 heterocycles. The predicted octanol–water partition coefficient (Wildman–Crippen LogP) is 2.25. The fraction of sp³-hybridized carbons (Fsp3) is 0.909. The lowest BCUT2D eigenvalue weighted by molar-refractivity contribution is -0.259. The first-order valence-corrected chi connectivity index (χ1v) is 13.4. The quantitative estimate of drug-likeness (QED) is 0.518. The van der Waals surface area contributed by atoms with E-state index < -0.39 is 27.4 Å². The van der Waals surface area contributed by atoms with Crippen molar-refractivity contribution in [3.8, 4) is 0 Å². The average Bonchev–Trinajstić information content (AvgIpc) is 3.35. The van der Waals surface area contributed by atoms with Crippen LogP contribution in [0.2, 0.25) is 0 Å². The highest BCUT2D eigenvalue weighted by Gasteiger charge is 2.60. The molecule has 3 rings (SSSR count). The fourth-order valence-corrected chi connectivity index (χ4v) is 6.56. The van der Waals surface area contributed by atoms with Gasteiger partial charge in [0.05, 0.1) is 24.4 Å². The van der Waals surface area contributed by atoms with Crippen LogP contribution in [0.5, 0.6) is 0 Å². The van der Waals surface area contributed by atoms with Gasteiger partial charge in [-0.05, 0) is 72.6 Å². The Morgan fingerprint density at radius 2 is 1.59 bits per heavy atom. The van der Waals surface area contributed by atoms with Gasteiger partial charge in [0.2, 0.25) is 10.0 Å². The summed E-state index contributed by atoms with van der Waals surface area (Å²) in [6.45, 7) is 8.77. The minimum Gasteiger partial charge on any atom is -0.466 e. The third kappa shape index (κ3) is 5.46. The molecule has 32 heavy (non-hydrogen) atoms. The second-order valence-electron chi connectivity index (χ2n) is 9.89. The lowest BCUT2D eigenvalue weighted by atomic mass is 9.87. The molecule has 0 aromatic carbocycles. The second kappa shape index (κ2) is 9.95. The highest BCUT2D eigenvalue weighted by molar-refractivity contribution is 7.89. The van der Waals surface area contributed by atoms with Crippen LogP contribution in [-0.4, -0.2) is 79.1 Å². The van der Waals surface area contributed by atoms with Gasteiger partial charge in [-0.15, -0.1) is 4.31 Å². The van der Waals surface area contributed by atoms with E-state index in [9.17, 15) is 18.0 Å². The maximum absolute atomic E-state index is 13.7. The molecular formula is C22H38N2O7S. The zero-order valence-corrected chi connectivity index (χ0v) is 20.6. The van der Waals surface area contributed by atoms with Gasteiger partial charge in [-0.25, -0.2) is 13.2 Å². The largest absolute Gasteiger partial charge is 0.466 e. The lowest BCUT2D eigenvalue weighted by Gasteiger charge is -2.47. The molecule has 184 valence electrons. The Kier molecular flexibility index (Phi) is 7.89. The van der Waals surface area contributed by atoms with Crippen LogP contribution < -0.4 is 0 Å². The second-order valence-corrected chi connectivity index (χ2v) is 11.9. The van der Waals surface area contributed by atoms with E-state index in [-0.39, 0.29) is 30.3 Å². The van der Waals surface area contributed by atoms with Gasteiger partial charge in [-0.1, -0.05) is 0 Å². The minimum atomic E-state index is -3.67. The van der Waals surface area contributed by atoms with Gasteiger partial charge in [0.15, 0.2) is 0 Å². The summed E-state index contributed by atoms with van der Waals surface area (Å²) in [5.74, 6) is -2.88. The number of hydrogen-bond acceptors (Lipinski definition) is 8. The van der Waals surface area contributed by atoms with Crippen LogP contribution in [0.4, 0.5) is 0 Å². The number of sulfonamides is 1. The molecule has 0 N–H and O–H groups in total. The van der Waals surface area contributed by atoms with Crippen LogP contribution in [0.1, 0.15) is 72.6 Å². The molecule has 1 unspecified atom stereocenters. The first kappa shape index (κ1) is 25.4. The minimum absolute atomic E-state index is 0.00958. The van der Waals surface area contributed by atoms with Crippen molar-refractivity contribution in [3.63, 3.8) is 0 Å². The first-order valence-electron chi connectivity index (χ1n) is 11.8. The molecule has 0 aromatic heterocycles. The van der Waals surface area contributed by atoms with Crippen LogP contribution in [0.25, 0.3) is 0 Å². The van der Waals surface area contributed by atoms with Gasteiger partial charge >= 0.3 is 11.9 Å². The van der Waals surface area contributed by atoms with Crippen molar-refractivity contribution >= 4 is 22.0 Å². The summed E-state index contributed by atoms with van der Waals surface area (Å²) in [6.07, 6.45) is 4.07. The molecule has 0 spiro atoms. The Balaban J connectivity index is 1.91. The number of rotatable bonds is 7. The number of nitrogens with zero attached hydrogens (tertiary/aromatic N) is 2. The van der Waals surface area contributed by atoms with E-state index in [0.29, 0.717) is 51.8 Å². The van der Waals surface area contributed by atoms with Gasteiger partial charge in [0, 0.05) is 19.6 Å². The third-order valence-electron chi connectivity index (χ3n) is 6.26. The van der Waals surface area contributed by atoms with Crippen molar-refractivity contribution in [2.45, 2.75) is 90.2 Å². The number of carbonyl (C=O) groups excluding carboxylic acids is 2. The van der Waals surface area contributed by atoms with Crippen molar-refractivity contribution in [1.29, 1.82) is 0 Å². The Hall–Kier alpha value is -1.23. The van der Waals surface area contributed by atoms with Crippen molar-refractivity contribution in [2.75, 3.05) is 32.0 Å². The van der Waals surface area contributed by atoms with Crippen LogP contribution in [0, 0.1) is 5.92 Å². The van der Waals surface area contributed by atoms with Gasteiger partial charge in [0.25, 0.3) is 5.85 Å².